The highest BCUT2D eigenvalue weighted by molar-refractivity contribution is 5.80. The third kappa shape index (κ3) is 5.80. The van der Waals surface area contributed by atoms with Crippen LogP contribution in [0.4, 0.5) is 4.79 Å². The third-order valence-electron chi connectivity index (χ3n) is 2.02. The minimum atomic E-state index is -1.16. The number of carbonyl (C=O) groups excluding carboxylic acids is 1. The summed E-state index contributed by atoms with van der Waals surface area (Å²) < 4.78 is 5.01. The van der Waals surface area contributed by atoms with Crippen molar-refractivity contribution in [3.8, 4) is 0 Å². The summed E-state index contributed by atoms with van der Waals surface area (Å²) in [4.78, 5) is 30.4. The Morgan fingerprint density at radius 3 is 2.58 bits per heavy atom. The van der Waals surface area contributed by atoms with Crippen LogP contribution in [0.15, 0.2) is 18.6 Å². The molecule has 0 aromatic carbocycles. The average molecular weight is 267 g/mol. The second kappa shape index (κ2) is 6.12. The lowest BCUT2D eigenvalue weighted by Gasteiger charge is -2.21. The maximum atomic E-state index is 11.5. The smallest absolute Gasteiger partial charge is 0.408 e. The summed E-state index contributed by atoms with van der Waals surface area (Å²) in [5.74, 6) is -1.16. The number of rotatable bonds is 4. The van der Waals surface area contributed by atoms with Crippen molar-refractivity contribution in [3.63, 3.8) is 0 Å². The molecule has 1 heterocycles. The zero-order valence-corrected chi connectivity index (χ0v) is 11.1. The summed E-state index contributed by atoms with van der Waals surface area (Å²) in [5.41, 5.74) is -0.203. The fraction of sp³-hybridized carbons (Fsp3) is 0.500. The molecule has 0 spiro atoms. The van der Waals surface area contributed by atoms with Crippen LogP contribution < -0.4 is 5.32 Å². The molecular formula is C12H17N3O4. The van der Waals surface area contributed by atoms with Crippen molar-refractivity contribution in [2.45, 2.75) is 38.8 Å². The zero-order valence-electron chi connectivity index (χ0n) is 11.1. The lowest BCUT2D eigenvalue weighted by molar-refractivity contribution is -0.139. The van der Waals surface area contributed by atoms with Crippen LogP contribution in [0.1, 0.15) is 26.5 Å². The van der Waals surface area contributed by atoms with Crippen LogP contribution in [0, 0.1) is 0 Å². The fourth-order valence-corrected chi connectivity index (χ4v) is 1.29. The summed E-state index contributed by atoms with van der Waals surface area (Å²) >= 11 is 0. The molecule has 1 aromatic rings. The molecular weight excluding hydrogens is 250 g/mol. The van der Waals surface area contributed by atoms with E-state index in [-0.39, 0.29) is 6.42 Å². The molecule has 0 aliphatic rings. The Hall–Kier alpha value is -2.18. The van der Waals surface area contributed by atoms with Gasteiger partial charge in [-0.2, -0.15) is 0 Å². The van der Waals surface area contributed by atoms with Gasteiger partial charge in [-0.3, -0.25) is 9.97 Å². The van der Waals surface area contributed by atoms with Gasteiger partial charge < -0.3 is 15.2 Å². The Bertz CT molecular complexity index is 442. The van der Waals surface area contributed by atoms with Crippen molar-refractivity contribution in [2.24, 2.45) is 0 Å². The lowest BCUT2D eigenvalue weighted by atomic mass is 10.1. The van der Waals surface area contributed by atoms with Gasteiger partial charge in [-0.1, -0.05) is 0 Å². The van der Waals surface area contributed by atoms with Gasteiger partial charge in [-0.15, -0.1) is 0 Å². The van der Waals surface area contributed by atoms with Crippen molar-refractivity contribution < 1.29 is 19.4 Å². The number of carbonyl (C=O) groups is 2. The van der Waals surface area contributed by atoms with Crippen LogP contribution in [-0.2, 0) is 16.0 Å². The van der Waals surface area contributed by atoms with Gasteiger partial charge in [0.2, 0.25) is 0 Å². The number of carboxylic acids is 1. The topological polar surface area (TPSA) is 101 Å². The van der Waals surface area contributed by atoms with E-state index in [2.05, 4.69) is 15.3 Å². The second-order valence-electron chi connectivity index (χ2n) is 4.94. The van der Waals surface area contributed by atoms with E-state index >= 15 is 0 Å². The molecule has 104 valence electrons. The Morgan fingerprint density at radius 2 is 2.11 bits per heavy atom. The zero-order chi connectivity index (χ0) is 14.5. The van der Waals surface area contributed by atoms with E-state index in [4.69, 9.17) is 9.84 Å². The Kier molecular flexibility index (Phi) is 4.80. The number of nitrogens with one attached hydrogen (secondary N) is 1. The maximum Gasteiger partial charge on any atom is 0.408 e. The van der Waals surface area contributed by atoms with Gasteiger partial charge in [0, 0.05) is 25.0 Å². The minimum Gasteiger partial charge on any atom is -0.480 e. The van der Waals surface area contributed by atoms with Gasteiger partial charge in [-0.05, 0) is 20.8 Å². The number of aliphatic carboxylic acids is 1. The van der Waals surface area contributed by atoms with Gasteiger partial charge in [0.05, 0.1) is 5.69 Å². The third-order valence-corrected chi connectivity index (χ3v) is 2.02. The maximum absolute atomic E-state index is 11.5. The normalized spacial score (nSPS) is 12.6. The molecule has 0 saturated carbocycles. The van der Waals surface area contributed by atoms with Crippen LogP contribution in [0.3, 0.4) is 0 Å². The van der Waals surface area contributed by atoms with Crippen LogP contribution in [0.5, 0.6) is 0 Å². The van der Waals surface area contributed by atoms with Crippen LogP contribution >= 0.6 is 0 Å². The summed E-state index contributed by atoms with van der Waals surface area (Å²) in [5, 5.41) is 11.4. The van der Waals surface area contributed by atoms with Gasteiger partial charge in [0.1, 0.15) is 11.6 Å². The van der Waals surface area contributed by atoms with Gasteiger partial charge >= 0.3 is 12.1 Å². The Labute approximate surface area is 111 Å². The highest BCUT2D eigenvalue weighted by Crippen LogP contribution is 2.07. The number of hydrogen-bond acceptors (Lipinski definition) is 5. The lowest BCUT2D eigenvalue weighted by Crippen LogP contribution is -2.44. The quantitative estimate of drug-likeness (QED) is 0.843. The summed E-state index contributed by atoms with van der Waals surface area (Å²) in [6, 6.07) is -1.11. The molecule has 0 fully saturated rings. The predicted molar refractivity (Wildman–Crippen MR) is 66.5 cm³/mol. The first-order valence-electron chi connectivity index (χ1n) is 5.75. The summed E-state index contributed by atoms with van der Waals surface area (Å²) in [6.07, 6.45) is 3.67. The van der Waals surface area contributed by atoms with Crippen LogP contribution in [0.25, 0.3) is 0 Å². The van der Waals surface area contributed by atoms with Crippen molar-refractivity contribution in [2.75, 3.05) is 0 Å². The van der Waals surface area contributed by atoms with E-state index < -0.39 is 23.7 Å². The molecule has 7 heteroatoms. The molecule has 0 unspecified atom stereocenters. The first-order valence-corrected chi connectivity index (χ1v) is 5.75. The van der Waals surface area contributed by atoms with E-state index in [9.17, 15) is 9.59 Å². The second-order valence-corrected chi connectivity index (χ2v) is 4.94. The average Bonchev–Trinajstić information content (AvgIpc) is 2.26. The highest BCUT2D eigenvalue weighted by atomic mass is 16.6. The highest BCUT2D eigenvalue weighted by Gasteiger charge is 2.24. The molecule has 19 heavy (non-hydrogen) atoms. The number of amides is 1. The molecule has 0 radical (unpaired) electrons. The van der Waals surface area contributed by atoms with Gasteiger partial charge in [0.15, 0.2) is 0 Å². The molecule has 1 rings (SSSR count). The first kappa shape index (κ1) is 14.9. The van der Waals surface area contributed by atoms with Crippen molar-refractivity contribution in [1.82, 2.24) is 15.3 Å². The Morgan fingerprint density at radius 1 is 1.42 bits per heavy atom. The monoisotopic (exact) mass is 267 g/mol. The standard InChI is InChI=1S/C12H17N3O4/c1-12(2,3)19-11(18)15-9(10(16)17)6-8-7-13-4-5-14-8/h4-5,7,9H,6H2,1-3H3,(H,15,18)(H,16,17)/t9-/m1/s1. The van der Waals surface area contributed by atoms with E-state index in [1.54, 1.807) is 20.8 Å². The molecule has 1 aromatic heterocycles. The predicted octanol–water partition coefficient (Wildman–Crippen LogP) is 0.997. The van der Waals surface area contributed by atoms with Crippen LogP contribution in [-0.4, -0.2) is 38.8 Å². The Balaban J connectivity index is 2.64. The SMILES string of the molecule is CC(C)(C)OC(=O)N[C@H](Cc1cnccn1)C(=O)O. The van der Waals surface area contributed by atoms with E-state index in [1.807, 2.05) is 0 Å². The fourth-order valence-electron chi connectivity index (χ4n) is 1.29. The number of carboxylic acid groups (broad SMARTS) is 1. The molecule has 0 aliphatic carbocycles. The van der Waals surface area contributed by atoms with E-state index in [0.717, 1.165) is 0 Å². The first-order chi connectivity index (χ1) is 8.78. The largest absolute Gasteiger partial charge is 0.480 e. The van der Waals surface area contributed by atoms with E-state index in [1.165, 1.54) is 18.6 Å². The number of nitrogens with zero attached hydrogens (tertiary/aromatic N) is 2. The van der Waals surface area contributed by atoms with Crippen molar-refractivity contribution in [3.05, 3.63) is 24.3 Å². The molecule has 0 aliphatic heterocycles. The summed E-state index contributed by atoms with van der Waals surface area (Å²) in [7, 11) is 0. The number of hydrogen-bond donors (Lipinski definition) is 2. The molecule has 2 N–H and O–H groups in total. The van der Waals surface area contributed by atoms with Gasteiger partial charge in [-0.25, -0.2) is 9.59 Å². The number of aromatic nitrogens is 2. The number of ether oxygens (including phenoxy) is 1. The molecule has 0 saturated heterocycles. The van der Waals surface area contributed by atoms with Crippen molar-refractivity contribution in [1.29, 1.82) is 0 Å². The minimum absolute atomic E-state index is 0.0441. The molecule has 7 nitrogen and oxygen atoms in total. The molecule has 1 amide bonds. The molecule has 1 atom stereocenters. The van der Waals surface area contributed by atoms with Crippen LogP contribution in [0.2, 0.25) is 0 Å². The molecule has 0 bridgehead atoms. The van der Waals surface area contributed by atoms with Crippen molar-refractivity contribution >= 4 is 12.1 Å². The van der Waals surface area contributed by atoms with Gasteiger partial charge in [0.25, 0.3) is 0 Å². The number of alkyl carbamates (subject to hydrolysis) is 1. The van der Waals surface area contributed by atoms with E-state index in [0.29, 0.717) is 5.69 Å². The summed E-state index contributed by atoms with van der Waals surface area (Å²) in [6.45, 7) is 5.10.